The molecule has 1 N–H and O–H groups in total. The third-order valence-electron chi connectivity index (χ3n) is 3.58. The van der Waals surface area contributed by atoms with Crippen molar-refractivity contribution in [1.82, 2.24) is 15.5 Å². The van der Waals surface area contributed by atoms with Gasteiger partial charge in [-0.3, -0.25) is 4.79 Å². The van der Waals surface area contributed by atoms with Gasteiger partial charge in [-0.05, 0) is 50.2 Å². The molecule has 0 fully saturated rings. The van der Waals surface area contributed by atoms with Gasteiger partial charge in [0.25, 0.3) is 5.91 Å². The molecule has 1 atom stereocenters. The number of carbonyl (C=O) groups is 1. The molecule has 0 aliphatic rings. The number of rotatable bonds is 4. The maximum absolute atomic E-state index is 12.2. The molecule has 0 radical (unpaired) electrons. The molecule has 3 rings (SSSR count). The van der Waals surface area contributed by atoms with Crippen LogP contribution < -0.4 is 5.32 Å². The summed E-state index contributed by atoms with van der Waals surface area (Å²) in [6.07, 6.45) is 0. The lowest BCUT2D eigenvalue weighted by molar-refractivity contribution is 0.0932. The fourth-order valence-corrected chi connectivity index (χ4v) is 2.30. The van der Waals surface area contributed by atoms with E-state index in [0.717, 1.165) is 11.1 Å². The quantitative estimate of drug-likeness (QED) is 0.772. The number of carbonyl (C=O) groups excluding carboxylic acids is 1. The van der Waals surface area contributed by atoms with Crippen LogP contribution in [0.3, 0.4) is 0 Å². The van der Waals surface area contributed by atoms with Crippen LogP contribution in [-0.2, 0) is 0 Å². The van der Waals surface area contributed by atoms with E-state index in [9.17, 15) is 4.79 Å². The number of nitrogens with one attached hydrogen (secondary N) is 1. The van der Waals surface area contributed by atoms with Crippen LogP contribution in [0.2, 0.25) is 5.02 Å². The minimum atomic E-state index is -0.396. The van der Waals surface area contributed by atoms with Crippen molar-refractivity contribution in [1.29, 1.82) is 0 Å². The van der Waals surface area contributed by atoms with Crippen LogP contribution >= 0.6 is 11.6 Å². The molecule has 0 saturated heterocycles. The van der Waals surface area contributed by atoms with E-state index in [1.165, 1.54) is 0 Å². The first-order chi connectivity index (χ1) is 11.5. The molecule has 0 bridgehead atoms. The summed E-state index contributed by atoms with van der Waals surface area (Å²) in [5.41, 5.74) is 2.49. The van der Waals surface area contributed by atoms with E-state index in [0.29, 0.717) is 22.3 Å². The number of amides is 1. The summed E-state index contributed by atoms with van der Waals surface area (Å²) in [6.45, 7) is 3.77. The van der Waals surface area contributed by atoms with E-state index >= 15 is 0 Å². The summed E-state index contributed by atoms with van der Waals surface area (Å²) in [6, 6.07) is 14.1. The molecular weight excluding hydrogens is 326 g/mol. The van der Waals surface area contributed by atoms with E-state index in [4.69, 9.17) is 16.1 Å². The van der Waals surface area contributed by atoms with Gasteiger partial charge in [0, 0.05) is 16.1 Å². The Balaban J connectivity index is 1.71. The third kappa shape index (κ3) is 3.63. The summed E-state index contributed by atoms with van der Waals surface area (Å²) in [7, 11) is 0. The van der Waals surface area contributed by atoms with Gasteiger partial charge in [-0.1, -0.05) is 34.5 Å². The molecule has 1 aromatic heterocycles. The van der Waals surface area contributed by atoms with E-state index < -0.39 is 6.04 Å². The first-order valence-electron chi connectivity index (χ1n) is 7.50. The average molecular weight is 342 g/mol. The molecule has 6 heteroatoms. The number of hydrogen-bond donors (Lipinski definition) is 1. The molecule has 0 aliphatic carbocycles. The minimum Gasteiger partial charge on any atom is -0.341 e. The van der Waals surface area contributed by atoms with Gasteiger partial charge in [-0.15, -0.1) is 0 Å². The largest absolute Gasteiger partial charge is 0.341 e. The first-order valence-corrected chi connectivity index (χ1v) is 7.88. The molecule has 0 spiro atoms. The van der Waals surface area contributed by atoms with Gasteiger partial charge < -0.3 is 9.84 Å². The Morgan fingerprint density at radius 3 is 2.46 bits per heavy atom. The Morgan fingerprint density at radius 1 is 1.12 bits per heavy atom. The third-order valence-corrected chi connectivity index (χ3v) is 3.83. The highest BCUT2D eigenvalue weighted by Gasteiger charge is 2.18. The van der Waals surface area contributed by atoms with Crippen molar-refractivity contribution in [3.05, 3.63) is 70.6 Å². The van der Waals surface area contributed by atoms with Gasteiger partial charge in [-0.25, -0.2) is 0 Å². The molecule has 1 amide bonds. The number of hydrogen-bond acceptors (Lipinski definition) is 4. The fraction of sp³-hybridized carbons (Fsp3) is 0.167. The molecule has 0 saturated carbocycles. The zero-order valence-corrected chi connectivity index (χ0v) is 14.0. The highest BCUT2D eigenvalue weighted by molar-refractivity contribution is 6.30. The van der Waals surface area contributed by atoms with Crippen molar-refractivity contribution in [2.75, 3.05) is 0 Å². The summed E-state index contributed by atoms with van der Waals surface area (Å²) in [5.74, 6) is 0.618. The molecule has 5 nitrogen and oxygen atoms in total. The van der Waals surface area contributed by atoms with Crippen molar-refractivity contribution in [3.63, 3.8) is 0 Å². The van der Waals surface area contributed by atoms with Crippen LogP contribution in [-0.4, -0.2) is 16.0 Å². The summed E-state index contributed by atoms with van der Waals surface area (Å²) >= 11 is 5.87. The van der Waals surface area contributed by atoms with Gasteiger partial charge in [0.15, 0.2) is 0 Å². The smallest absolute Gasteiger partial charge is 0.251 e. The molecule has 0 aliphatic heterocycles. The topological polar surface area (TPSA) is 68.0 Å². The average Bonchev–Trinajstić information content (AvgIpc) is 3.06. The van der Waals surface area contributed by atoms with Crippen LogP contribution in [0.4, 0.5) is 0 Å². The number of halogens is 1. The normalized spacial score (nSPS) is 12.0. The highest BCUT2D eigenvalue weighted by Crippen LogP contribution is 2.20. The number of benzene rings is 2. The van der Waals surface area contributed by atoms with Gasteiger partial charge in [0.05, 0.1) is 0 Å². The van der Waals surface area contributed by atoms with Crippen LogP contribution in [0.5, 0.6) is 0 Å². The summed E-state index contributed by atoms with van der Waals surface area (Å²) < 4.78 is 5.26. The van der Waals surface area contributed by atoms with E-state index in [1.54, 1.807) is 31.2 Å². The molecule has 2 aromatic carbocycles. The second-order valence-electron chi connectivity index (χ2n) is 5.52. The first kappa shape index (κ1) is 16.2. The van der Waals surface area contributed by atoms with E-state index in [1.807, 2.05) is 31.2 Å². The highest BCUT2D eigenvalue weighted by atomic mass is 35.5. The van der Waals surface area contributed by atoms with Gasteiger partial charge in [-0.2, -0.15) is 4.98 Å². The van der Waals surface area contributed by atoms with Crippen LogP contribution in [0.15, 0.2) is 53.1 Å². The predicted molar refractivity (Wildman–Crippen MR) is 91.8 cm³/mol. The maximum Gasteiger partial charge on any atom is 0.251 e. The lowest BCUT2D eigenvalue weighted by Gasteiger charge is -2.09. The second kappa shape index (κ2) is 6.84. The Labute approximate surface area is 144 Å². The lowest BCUT2D eigenvalue weighted by Crippen LogP contribution is -2.26. The Hall–Kier alpha value is -2.66. The SMILES string of the molecule is Cc1ccc(C(=O)NC(C)c2nc(-c3ccc(Cl)cc3)no2)cc1. The van der Waals surface area contributed by atoms with Crippen molar-refractivity contribution in [2.45, 2.75) is 19.9 Å². The van der Waals surface area contributed by atoms with Crippen LogP contribution in [0.1, 0.15) is 34.8 Å². The lowest BCUT2D eigenvalue weighted by atomic mass is 10.1. The Bertz CT molecular complexity index is 841. The summed E-state index contributed by atoms with van der Waals surface area (Å²) in [5, 5.41) is 7.44. The summed E-state index contributed by atoms with van der Waals surface area (Å²) in [4.78, 5) is 16.6. The maximum atomic E-state index is 12.2. The number of nitrogens with zero attached hydrogens (tertiary/aromatic N) is 2. The molecule has 1 unspecified atom stereocenters. The van der Waals surface area contributed by atoms with Crippen LogP contribution in [0, 0.1) is 6.92 Å². The van der Waals surface area contributed by atoms with E-state index in [-0.39, 0.29) is 5.91 Å². The zero-order valence-electron chi connectivity index (χ0n) is 13.3. The van der Waals surface area contributed by atoms with Crippen LogP contribution in [0.25, 0.3) is 11.4 Å². The van der Waals surface area contributed by atoms with E-state index in [2.05, 4.69) is 15.5 Å². The molecule has 3 aromatic rings. The monoisotopic (exact) mass is 341 g/mol. The fourth-order valence-electron chi connectivity index (χ4n) is 2.17. The van der Waals surface area contributed by atoms with Crippen molar-refractivity contribution >= 4 is 17.5 Å². The van der Waals surface area contributed by atoms with Crippen molar-refractivity contribution in [2.24, 2.45) is 0 Å². The molecule has 24 heavy (non-hydrogen) atoms. The standard InChI is InChI=1S/C18H16ClN3O2/c1-11-3-5-14(6-4-11)17(23)20-12(2)18-21-16(22-24-18)13-7-9-15(19)10-8-13/h3-10,12H,1-2H3,(H,20,23). The molecule has 122 valence electrons. The van der Waals surface area contributed by atoms with Gasteiger partial charge in [0.1, 0.15) is 6.04 Å². The second-order valence-corrected chi connectivity index (χ2v) is 5.96. The Kier molecular flexibility index (Phi) is 4.62. The van der Waals surface area contributed by atoms with Gasteiger partial charge >= 0.3 is 0 Å². The Morgan fingerprint density at radius 2 is 1.79 bits per heavy atom. The minimum absolute atomic E-state index is 0.186. The molecular formula is C18H16ClN3O2. The van der Waals surface area contributed by atoms with Crippen molar-refractivity contribution in [3.8, 4) is 11.4 Å². The van der Waals surface area contributed by atoms with Crippen molar-refractivity contribution < 1.29 is 9.32 Å². The zero-order chi connectivity index (χ0) is 17.1. The number of aromatic nitrogens is 2. The van der Waals surface area contributed by atoms with Gasteiger partial charge in [0.2, 0.25) is 11.7 Å². The molecule has 1 heterocycles. The predicted octanol–water partition coefficient (Wildman–Crippen LogP) is 4.19. The number of aryl methyl sites for hydroxylation is 1.